The molecule has 4 heteroatoms. The van der Waals surface area contributed by atoms with Crippen molar-refractivity contribution < 1.29 is 14.3 Å². The molecule has 0 radical (unpaired) electrons. The van der Waals surface area contributed by atoms with Crippen LogP contribution in [0.2, 0.25) is 0 Å². The van der Waals surface area contributed by atoms with Crippen molar-refractivity contribution in [2.24, 2.45) is 0 Å². The average molecular weight is 323 g/mol. The van der Waals surface area contributed by atoms with Gasteiger partial charge in [0.15, 0.2) is 11.5 Å². The van der Waals surface area contributed by atoms with E-state index in [9.17, 15) is 4.79 Å². The number of hydrogen-bond acceptors (Lipinski definition) is 3. The van der Waals surface area contributed by atoms with Crippen molar-refractivity contribution in [3.63, 3.8) is 0 Å². The van der Waals surface area contributed by atoms with Gasteiger partial charge < -0.3 is 14.8 Å². The van der Waals surface area contributed by atoms with Crippen molar-refractivity contribution in [1.82, 2.24) is 5.32 Å². The molecule has 0 bridgehead atoms. The van der Waals surface area contributed by atoms with Crippen molar-refractivity contribution >= 4 is 12.0 Å². The lowest BCUT2D eigenvalue weighted by molar-refractivity contribution is -0.117. The lowest BCUT2D eigenvalue weighted by Crippen LogP contribution is -2.24. The molecule has 0 saturated carbocycles. The van der Waals surface area contributed by atoms with Crippen molar-refractivity contribution in [2.45, 2.75) is 26.8 Å². The maximum Gasteiger partial charge on any atom is 0.244 e. The highest BCUT2D eigenvalue weighted by Crippen LogP contribution is 2.32. The molecule has 24 heavy (non-hydrogen) atoms. The van der Waals surface area contributed by atoms with Crippen LogP contribution in [-0.4, -0.2) is 12.7 Å². The number of hydrogen-bond donors (Lipinski definition) is 1. The van der Waals surface area contributed by atoms with Gasteiger partial charge in [-0.3, -0.25) is 4.79 Å². The van der Waals surface area contributed by atoms with E-state index in [4.69, 9.17) is 9.47 Å². The van der Waals surface area contributed by atoms with Gasteiger partial charge in [-0.25, -0.2) is 0 Å². The molecule has 124 valence electrons. The number of nitrogens with one attached hydrogen (secondary N) is 1. The van der Waals surface area contributed by atoms with Gasteiger partial charge in [-0.15, -0.1) is 0 Å². The Morgan fingerprint density at radius 3 is 2.54 bits per heavy atom. The molecule has 0 fully saturated rings. The Hall–Kier alpha value is -2.75. The van der Waals surface area contributed by atoms with Crippen LogP contribution in [0.4, 0.5) is 0 Å². The Morgan fingerprint density at radius 1 is 1.08 bits per heavy atom. The first-order valence-electron chi connectivity index (χ1n) is 7.98. The zero-order valence-electron chi connectivity index (χ0n) is 14.1. The van der Waals surface area contributed by atoms with Crippen LogP contribution in [0.15, 0.2) is 42.5 Å². The van der Waals surface area contributed by atoms with E-state index in [1.54, 1.807) is 6.08 Å². The van der Waals surface area contributed by atoms with Crippen LogP contribution >= 0.6 is 0 Å². The lowest BCUT2D eigenvalue weighted by Gasteiger charge is -2.14. The molecule has 1 aliphatic rings. The van der Waals surface area contributed by atoms with Crippen LogP contribution < -0.4 is 14.8 Å². The molecular weight excluding hydrogens is 302 g/mol. The standard InChI is InChI=1S/C20H21NO3/c1-13-8-14(2)10-17(9-13)15(3)21-20(22)7-5-16-4-6-18-19(11-16)24-12-23-18/h4-11,15H,12H2,1-3H3,(H,21,22)/b7-5+. The van der Waals surface area contributed by atoms with Gasteiger partial charge in [0.1, 0.15) is 0 Å². The normalized spacial score (nSPS) is 14.0. The summed E-state index contributed by atoms with van der Waals surface area (Å²) in [5.41, 5.74) is 4.40. The van der Waals surface area contributed by atoms with E-state index in [0.29, 0.717) is 5.75 Å². The van der Waals surface area contributed by atoms with Crippen molar-refractivity contribution in [3.8, 4) is 11.5 Å². The average Bonchev–Trinajstić information content (AvgIpc) is 2.99. The molecule has 2 aromatic rings. The fourth-order valence-electron chi connectivity index (χ4n) is 2.79. The van der Waals surface area contributed by atoms with Gasteiger partial charge in [-0.1, -0.05) is 35.4 Å². The zero-order chi connectivity index (χ0) is 17.1. The minimum atomic E-state index is -0.126. The number of fused-ring (bicyclic) bond motifs is 1. The maximum absolute atomic E-state index is 12.1. The smallest absolute Gasteiger partial charge is 0.244 e. The second-order valence-electron chi connectivity index (χ2n) is 6.10. The first-order chi connectivity index (χ1) is 11.5. The summed E-state index contributed by atoms with van der Waals surface area (Å²) in [5.74, 6) is 1.32. The Balaban J connectivity index is 1.64. The van der Waals surface area contributed by atoms with Crippen LogP contribution in [0.5, 0.6) is 11.5 Å². The van der Waals surface area contributed by atoms with Crippen molar-refractivity contribution in [1.29, 1.82) is 0 Å². The number of aryl methyl sites for hydroxylation is 2. The van der Waals surface area contributed by atoms with E-state index in [-0.39, 0.29) is 18.7 Å². The molecule has 1 aliphatic heterocycles. The van der Waals surface area contributed by atoms with E-state index < -0.39 is 0 Å². The van der Waals surface area contributed by atoms with Gasteiger partial charge in [-0.05, 0) is 50.1 Å². The van der Waals surface area contributed by atoms with E-state index in [2.05, 4.69) is 37.4 Å². The molecular formula is C20H21NO3. The molecule has 1 N–H and O–H groups in total. The minimum absolute atomic E-state index is 0.0440. The number of amides is 1. The zero-order valence-corrected chi connectivity index (χ0v) is 14.1. The third-order valence-corrected chi connectivity index (χ3v) is 3.93. The Bertz CT molecular complexity index is 775. The van der Waals surface area contributed by atoms with E-state index in [0.717, 1.165) is 16.9 Å². The lowest BCUT2D eigenvalue weighted by atomic mass is 10.0. The summed E-state index contributed by atoms with van der Waals surface area (Å²) in [6, 6.07) is 11.9. The van der Waals surface area contributed by atoms with E-state index in [1.807, 2.05) is 25.1 Å². The topological polar surface area (TPSA) is 47.6 Å². The SMILES string of the molecule is Cc1cc(C)cc(C(C)NC(=O)/C=C/c2ccc3c(c2)OCO3)c1. The largest absolute Gasteiger partial charge is 0.454 e. The maximum atomic E-state index is 12.1. The molecule has 1 heterocycles. The Labute approximate surface area is 142 Å². The van der Waals surface area contributed by atoms with Crippen LogP contribution in [0.3, 0.4) is 0 Å². The van der Waals surface area contributed by atoms with E-state index in [1.165, 1.54) is 17.2 Å². The fraction of sp³-hybridized carbons (Fsp3) is 0.250. The molecule has 4 nitrogen and oxygen atoms in total. The number of ether oxygens (including phenoxy) is 2. The first-order valence-corrected chi connectivity index (χ1v) is 7.98. The molecule has 1 atom stereocenters. The summed E-state index contributed by atoms with van der Waals surface area (Å²) in [4.78, 5) is 12.1. The highest BCUT2D eigenvalue weighted by Gasteiger charge is 2.12. The summed E-state index contributed by atoms with van der Waals surface area (Å²) in [5, 5.41) is 2.99. The second kappa shape index (κ2) is 6.79. The van der Waals surface area contributed by atoms with Crippen molar-refractivity contribution in [3.05, 3.63) is 64.7 Å². The van der Waals surface area contributed by atoms with Gasteiger partial charge in [0.05, 0.1) is 6.04 Å². The summed E-state index contributed by atoms with van der Waals surface area (Å²) in [7, 11) is 0. The molecule has 3 rings (SSSR count). The number of rotatable bonds is 4. The summed E-state index contributed by atoms with van der Waals surface area (Å²) >= 11 is 0. The highest BCUT2D eigenvalue weighted by molar-refractivity contribution is 5.92. The molecule has 0 spiro atoms. The van der Waals surface area contributed by atoms with E-state index >= 15 is 0 Å². The van der Waals surface area contributed by atoms with Crippen LogP contribution in [0.25, 0.3) is 6.08 Å². The van der Waals surface area contributed by atoms with Crippen LogP contribution in [-0.2, 0) is 4.79 Å². The predicted molar refractivity (Wildman–Crippen MR) is 94.1 cm³/mol. The molecule has 0 aromatic heterocycles. The first kappa shape index (κ1) is 16.1. The highest BCUT2D eigenvalue weighted by atomic mass is 16.7. The Kier molecular flexibility index (Phi) is 4.56. The second-order valence-corrected chi connectivity index (χ2v) is 6.10. The summed E-state index contributed by atoms with van der Waals surface area (Å²) in [6.45, 7) is 6.35. The molecule has 2 aromatic carbocycles. The summed E-state index contributed by atoms with van der Waals surface area (Å²) < 4.78 is 10.6. The van der Waals surface area contributed by atoms with Gasteiger partial charge >= 0.3 is 0 Å². The third kappa shape index (κ3) is 3.77. The quantitative estimate of drug-likeness (QED) is 0.868. The van der Waals surface area contributed by atoms with Gasteiger partial charge in [-0.2, -0.15) is 0 Å². The predicted octanol–water partition coefficient (Wildman–Crippen LogP) is 3.92. The third-order valence-electron chi connectivity index (χ3n) is 3.93. The molecule has 0 aliphatic carbocycles. The van der Waals surface area contributed by atoms with Crippen LogP contribution in [0, 0.1) is 13.8 Å². The van der Waals surface area contributed by atoms with Crippen molar-refractivity contribution in [2.75, 3.05) is 6.79 Å². The summed E-state index contributed by atoms with van der Waals surface area (Å²) in [6.07, 6.45) is 3.31. The minimum Gasteiger partial charge on any atom is -0.454 e. The van der Waals surface area contributed by atoms with Gasteiger partial charge in [0.2, 0.25) is 12.7 Å². The van der Waals surface area contributed by atoms with Gasteiger partial charge in [0.25, 0.3) is 0 Å². The Morgan fingerprint density at radius 2 is 1.79 bits per heavy atom. The fourth-order valence-corrected chi connectivity index (χ4v) is 2.79. The van der Waals surface area contributed by atoms with Gasteiger partial charge in [0, 0.05) is 6.08 Å². The number of benzene rings is 2. The van der Waals surface area contributed by atoms with Crippen LogP contribution in [0.1, 0.15) is 35.2 Å². The molecule has 1 amide bonds. The number of carbonyl (C=O) groups is 1. The monoisotopic (exact) mass is 323 g/mol. The molecule has 1 unspecified atom stereocenters. The number of carbonyl (C=O) groups excluding carboxylic acids is 1. The molecule has 0 saturated heterocycles.